The average molecular weight is 365 g/mol. The third-order valence-corrected chi connectivity index (χ3v) is 5.75. The van der Waals surface area contributed by atoms with Crippen molar-refractivity contribution in [2.24, 2.45) is 5.92 Å². The number of thiophene rings is 1. The van der Waals surface area contributed by atoms with Crippen LogP contribution in [0.25, 0.3) is 10.1 Å². The van der Waals surface area contributed by atoms with Crippen LogP contribution in [-0.4, -0.2) is 18.5 Å². The molecule has 0 radical (unpaired) electrons. The minimum Gasteiger partial charge on any atom is -0.462 e. The lowest BCUT2D eigenvalue weighted by Gasteiger charge is -2.07. The van der Waals surface area contributed by atoms with Crippen LogP contribution in [0.5, 0.6) is 0 Å². The van der Waals surface area contributed by atoms with Crippen LogP contribution in [0.4, 0.5) is 5.00 Å². The molecule has 3 aromatic rings. The number of esters is 1. The second-order valence-corrected chi connectivity index (χ2v) is 7.42. The summed E-state index contributed by atoms with van der Waals surface area (Å²) in [5, 5.41) is 4.38. The van der Waals surface area contributed by atoms with Crippen molar-refractivity contribution < 1.29 is 14.3 Å². The summed E-state index contributed by atoms with van der Waals surface area (Å²) in [6.45, 7) is 2.08. The number of hydrogen-bond acceptors (Lipinski definition) is 4. The lowest BCUT2D eigenvalue weighted by Crippen LogP contribution is -2.16. The van der Waals surface area contributed by atoms with E-state index in [1.807, 2.05) is 42.5 Å². The largest absolute Gasteiger partial charge is 0.462 e. The van der Waals surface area contributed by atoms with Gasteiger partial charge < -0.3 is 10.1 Å². The minimum atomic E-state index is -0.393. The van der Waals surface area contributed by atoms with Gasteiger partial charge in [0.05, 0.1) is 6.61 Å². The quantitative estimate of drug-likeness (QED) is 0.660. The first-order valence-electron chi connectivity index (χ1n) is 8.73. The van der Waals surface area contributed by atoms with Crippen molar-refractivity contribution in [1.82, 2.24) is 0 Å². The zero-order chi connectivity index (χ0) is 18.1. The van der Waals surface area contributed by atoms with Crippen LogP contribution >= 0.6 is 11.3 Å². The summed E-state index contributed by atoms with van der Waals surface area (Å²) < 4.78 is 6.16. The number of carbonyl (C=O) groups is 2. The van der Waals surface area contributed by atoms with Crippen LogP contribution in [0, 0.1) is 5.92 Å². The molecule has 1 N–H and O–H groups in total. The molecule has 1 aliphatic carbocycles. The van der Waals surface area contributed by atoms with Gasteiger partial charge in [-0.1, -0.05) is 48.5 Å². The predicted octanol–water partition coefficient (Wildman–Crippen LogP) is 4.82. The van der Waals surface area contributed by atoms with Gasteiger partial charge in [-0.25, -0.2) is 4.79 Å². The highest BCUT2D eigenvalue weighted by Crippen LogP contribution is 2.48. The Hall–Kier alpha value is -2.66. The number of benzene rings is 2. The Labute approximate surface area is 155 Å². The number of nitrogens with one attached hydrogen (secondary N) is 1. The van der Waals surface area contributed by atoms with Gasteiger partial charge in [0.1, 0.15) is 10.6 Å². The lowest BCUT2D eigenvalue weighted by molar-refractivity contribution is -0.117. The van der Waals surface area contributed by atoms with Crippen LogP contribution in [0.1, 0.15) is 35.2 Å². The molecular weight excluding hydrogens is 346 g/mol. The molecule has 1 fully saturated rings. The van der Waals surface area contributed by atoms with Gasteiger partial charge in [-0.2, -0.15) is 0 Å². The lowest BCUT2D eigenvalue weighted by atomic mass is 10.1. The minimum absolute atomic E-state index is 0.0315. The van der Waals surface area contributed by atoms with Crippen molar-refractivity contribution in [2.45, 2.75) is 19.3 Å². The van der Waals surface area contributed by atoms with Gasteiger partial charge >= 0.3 is 5.97 Å². The van der Waals surface area contributed by atoms with E-state index in [0.29, 0.717) is 17.2 Å². The summed E-state index contributed by atoms with van der Waals surface area (Å²) in [5.74, 6) is -0.208. The maximum absolute atomic E-state index is 12.7. The van der Waals surface area contributed by atoms with Crippen LogP contribution in [0.3, 0.4) is 0 Å². The molecule has 0 bridgehead atoms. The Morgan fingerprint density at radius 2 is 1.85 bits per heavy atom. The zero-order valence-corrected chi connectivity index (χ0v) is 15.2. The van der Waals surface area contributed by atoms with Crippen molar-refractivity contribution in [3.63, 3.8) is 0 Å². The van der Waals surface area contributed by atoms with Gasteiger partial charge in [0.25, 0.3) is 0 Å². The third-order valence-electron chi connectivity index (χ3n) is 4.67. The smallest absolute Gasteiger partial charge is 0.341 e. The standard InChI is InChI=1S/C21H19NO3S/c1-2-25-21(24)18-14-10-6-7-11-17(14)26-20(18)22-19(23)16-12-15(16)13-8-4-3-5-9-13/h3-11,15-16H,2,12H2,1H3,(H,22,23). The van der Waals surface area contributed by atoms with Crippen LogP contribution in [0.2, 0.25) is 0 Å². The highest BCUT2D eigenvalue weighted by molar-refractivity contribution is 7.23. The van der Waals surface area contributed by atoms with Gasteiger partial charge in [0, 0.05) is 16.0 Å². The number of carbonyl (C=O) groups excluding carboxylic acids is 2. The number of rotatable bonds is 5. The monoisotopic (exact) mass is 365 g/mol. The van der Waals surface area contributed by atoms with E-state index in [1.54, 1.807) is 6.92 Å². The molecule has 0 spiro atoms. The Bertz CT molecular complexity index is 964. The van der Waals surface area contributed by atoms with Gasteiger partial charge in [-0.3, -0.25) is 4.79 Å². The number of anilines is 1. The highest BCUT2D eigenvalue weighted by atomic mass is 32.1. The third kappa shape index (κ3) is 3.10. The first kappa shape index (κ1) is 16.8. The van der Waals surface area contributed by atoms with E-state index in [2.05, 4.69) is 17.4 Å². The van der Waals surface area contributed by atoms with E-state index in [1.165, 1.54) is 16.9 Å². The fourth-order valence-electron chi connectivity index (χ4n) is 3.30. The molecule has 4 rings (SSSR count). The number of amides is 1. The normalized spacial score (nSPS) is 18.5. The Kier molecular flexibility index (Phi) is 4.47. The molecule has 26 heavy (non-hydrogen) atoms. The molecular formula is C21H19NO3S. The molecule has 1 aromatic heterocycles. The molecule has 2 unspecified atom stereocenters. The van der Waals surface area contributed by atoms with Gasteiger partial charge in [-0.15, -0.1) is 11.3 Å². The van der Waals surface area contributed by atoms with Gasteiger partial charge in [-0.05, 0) is 30.9 Å². The molecule has 4 nitrogen and oxygen atoms in total. The maximum Gasteiger partial charge on any atom is 0.341 e. The summed E-state index contributed by atoms with van der Waals surface area (Å²) in [7, 11) is 0. The van der Waals surface area contributed by atoms with E-state index in [4.69, 9.17) is 4.74 Å². The molecule has 132 valence electrons. The number of ether oxygens (including phenoxy) is 1. The van der Waals surface area contributed by atoms with Crippen LogP contribution in [-0.2, 0) is 9.53 Å². The van der Waals surface area contributed by atoms with Crippen LogP contribution in [0.15, 0.2) is 54.6 Å². The molecule has 1 saturated carbocycles. The van der Waals surface area contributed by atoms with E-state index >= 15 is 0 Å². The van der Waals surface area contributed by atoms with E-state index in [0.717, 1.165) is 16.5 Å². The fourth-order valence-corrected chi connectivity index (χ4v) is 4.39. The summed E-state index contributed by atoms with van der Waals surface area (Å²) in [4.78, 5) is 25.1. The second-order valence-electron chi connectivity index (χ2n) is 6.37. The van der Waals surface area contributed by atoms with Crippen molar-refractivity contribution in [3.8, 4) is 0 Å². The van der Waals surface area contributed by atoms with E-state index in [9.17, 15) is 9.59 Å². The summed E-state index contributed by atoms with van der Waals surface area (Å²) in [6, 6.07) is 17.7. The van der Waals surface area contributed by atoms with E-state index < -0.39 is 5.97 Å². The van der Waals surface area contributed by atoms with Gasteiger partial charge in [0.2, 0.25) is 5.91 Å². The maximum atomic E-state index is 12.7. The molecule has 2 atom stereocenters. The molecule has 1 heterocycles. The molecule has 0 saturated heterocycles. The summed E-state index contributed by atoms with van der Waals surface area (Å²) in [5.41, 5.74) is 1.65. The van der Waals surface area contributed by atoms with Crippen LogP contribution < -0.4 is 5.32 Å². The fraction of sp³-hybridized carbons (Fsp3) is 0.238. The first-order chi connectivity index (χ1) is 12.7. The molecule has 5 heteroatoms. The Morgan fingerprint density at radius 3 is 2.62 bits per heavy atom. The molecule has 1 aliphatic rings. The topological polar surface area (TPSA) is 55.4 Å². The average Bonchev–Trinajstić information content (AvgIpc) is 3.38. The van der Waals surface area contributed by atoms with Crippen molar-refractivity contribution >= 4 is 38.3 Å². The van der Waals surface area contributed by atoms with E-state index in [-0.39, 0.29) is 17.7 Å². The molecule has 1 amide bonds. The van der Waals surface area contributed by atoms with Crippen molar-refractivity contribution in [1.29, 1.82) is 0 Å². The SMILES string of the molecule is CCOC(=O)c1c(NC(=O)C2CC2c2ccccc2)sc2ccccc12. The Balaban J connectivity index is 1.58. The first-order valence-corrected chi connectivity index (χ1v) is 9.55. The van der Waals surface area contributed by atoms with Crippen molar-refractivity contribution in [2.75, 3.05) is 11.9 Å². The Morgan fingerprint density at radius 1 is 1.12 bits per heavy atom. The second kappa shape index (κ2) is 6.92. The summed E-state index contributed by atoms with van der Waals surface area (Å²) in [6.07, 6.45) is 0.843. The number of hydrogen-bond donors (Lipinski definition) is 1. The number of fused-ring (bicyclic) bond motifs is 1. The molecule has 2 aromatic carbocycles. The predicted molar refractivity (Wildman–Crippen MR) is 104 cm³/mol. The summed E-state index contributed by atoms with van der Waals surface area (Å²) >= 11 is 1.42. The highest BCUT2D eigenvalue weighted by Gasteiger charge is 2.44. The zero-order valence-electron chi connectivity index (χ0n) is 14.4. The molecule has 0 aliphatic heterocycles. The van der Waals surface area contributed by atoms with Crippen molar-refractivity contribution in [3.05, 3.63) is 65.7 Å². The van der Waals surface area contributed by atoms with Gasteiger partial charge in [0.15, 0.2) is 0 Å².